The van der Waals surface area contributed by atoms with Crippen LogP contribution in [0.4, 0.5) is 5.95 Å². The zero-order valence-electron chi connectivity index (χ0n) is 12.8. The molecule has 3 rings (SSSR count). The molecule has 0 saturated carbocycles. The Balaban J connectivity index is 1.78. The van der Waals surface area contributed by atoms with Crippen molar-refractivity contribution in [3.8, 4) is 10.7 Å². The van der Waals surface area contributed by atoms with Crippen LogP contribution in [0.3, 0.4) is 0 Å². The van der Waals surface area contributed by atoms with Crippen molar-refractivity contribution >= 4 is 29.0 Å². The largest absolute Gasteiger partial charge is 0.344 e. The minimum Gasteiger partial charge on any atom is -0.344 e. The standard InChI is InChI=1S/C14H16N6OS2/c1-4-7-20-12(10-6-5-8-22-10)16-17-14(20)23-9-11-15-13(18-21-11)19(2)3/h4-6,8H,1,7,9H2,2-3H3. The van der Waals surface area contributed by atoms with Gasteiger partial charge in [-0.3, -0.25) is 4.57 Å². The molecule has 3 heterocycles. The van der Waals surface area contributed by atoms with E-state index in [0.29, 0.717) is 24.1 Å². The topological polar surface area (TPSA) is 72.9 Å². The summed E-state index contributed by atoms with van der Waals surface area (Å²) in [4.78, 5) is 7.19. The molecule has 7 nitrogen and oxygen atoms in total. The van der Waals surface area contributed by atoms with Gasteiger partial charge in [-0.25, -0.2) is 0 Å². The van der Waals surface area contributed by atoms with Gasteiger partial charge in [-0.2, -0.15) is 4.98 Å². The fourth-order valence-corrected chi connectivity index (χ4v) is 3.39. The lowest BCUT2D eigenvalue weighted by Crippen LogP contribution is -2.10. The smallest absolute Gasteiger partial charge is 0.265 e. The number of anilines is 1. The van der Waals surface area contributed by atoms with Crippen molar-refractivity contribution in [2.24, 2.45) is 0 Å². The molecule has 0 atom stereocenters. The molecule has 0 aliphatic carbocycles. The van der Waals surface area contributed by atoms with Gasteiger partial charge >= 0.3 is 0 Å². The van der Waals surface area contributed by atoms with E-state index in [2.05, 4.69) is 26.9 Å². The van der Waals surface area contributed by atoms with Gasteiger partial charge in [0.05, 0.1) is 10.6 Å². The minimum absolute atomic E-state index is 0.542. The lowest BCUT2D eigenvalue weighted by molar-refractivity contribution is 0.390. The number of rotatable bonds is 7. The number of thioether (sulfide) groups is 1. The van der Waals surface area contributed by atoms with E-state index >= 15 is 0 Å². The molecule has 0 bridgehead atoms. The second-order valence-corrected chi connectivity index (χ2v) is 6.74. The summed E-state index contributed by atoms with van der Waals surface area (Å²) in [5.74, 6) is 2.51. The van der Waals surface area contributed by atoms with E-state index in [1.54, 1.807) is 16.2 Å². The lowest BCUT2D eigenvalue weighted by atomic mass is 10.4. The Morgan fingerprint density at radius 1 is 1.43 bits per heavy atom. The third-order valence-electron chi connectivity index (χ3n) is 2.95. The molecule has 0 saturated heterocycles. The maximum absolute atomic E-state index is 5.23. The second-order valence-electron chi connectivity index (χ2n) is 4.85. The first-order valence-electron chi connectivity index (χ1n) is 6.89. The van der Waals surface area contributed by atoms with Crippen LogP contribution in [0.15, 0.2) is 39.8 Å². The Morgan fingerprint density at radius 2 is 2.30 bits per heavy atom. The molecule has 0 spiro atoms. The molecule has 3 aromatic heterocycles. The van der Waals surface area contributed by atoms with Crippen molar-refractivity contribution in [2.45, 2.75) is 17.5 Å². The van der Waals surface area contributed by atoms with Gasteiger partial charge in [0.25, 0.3) is 5.95 Å². The number of hydrogen-bond acceptors (Lipinski definition) is 8. The van der Waals surface area contributed by atoms with E-state index in [0.717, 1.165) is 15.9 Å². The van der Waals surface area contributed by atoms with Gasteiger partial charge in [0.1, 0.15) is 0 Å². The van der Waals surface area contributed by atoms with Gasteiger partial charge in [-0.1, -0.05) is 23.9 Å². The summed E-state index contributed by atoms with van der Waals surface area (Å²) >= 11 is 3.15. The summed E-state index contributed by atoms with van der Waals surface area (Å²) in [6, 6.07) is 4.03. The number of nitrogens with zero attached hydrogens (tertiary/aromatic N) is 6. The summed E-state index contributed by atoms with van der Waals surface area (Å²) in [7, 11) is 3.74. The zero-order valence-corrected chi connectivity index (χ0v) is 14.5. The zero-order chi connectivity index (χ0) is 16.2. The maximum atomic E-state index is 5.23. The van der Waals surface area contributed by atoms with Crippen LogP contribution in [-0.4, -0.2) is 39.0 Å². The molecule has 0 aromatic carbocycles. The second kappa shape index (κ2) is 6.97. The van der Waals surface area contributed by atoms with E-state index < -0.39 is 0 Å². The van der Waals surface area contributed by atoms with Crippen LogP contribution in [0, 0.1) is 0 Å². The van der Waals surface area contributed by atoms with E-state index in [1.165, 1.54) is 11.8 Å². The summed E-state index contributed by atoms with van der Waals surface area (Å²) in [6.07, 6.45) is 1.83. The predicted molar refractivity (Wildman–Crippen MR) is 91.7 cm³/mol. The summed E-state index contributed by atoms with van der Waals surface area (Å²) in [5.41, 5.74) is 0. The average Bonchev–Trinajstić information content (AvgIpc) is 3.26. The number of allylic oxidation sites excluding steroid dienone is 1. The van der Waals surface area contributed by atoms with Crippen molar-refractivity contribution in [1.82, 2.24) is 24.9 Å². The van der Waals surface area contributed by atoms with Crippen LogP contribution in [0.2, 0.25) is 0 Å². The van der Waals surface area contributed by atoms with Crippen LogP contribution < -0.4 is 4.90 Å². The van der Waals surface area contributed by atoms with Crippen LogP contribution in [-0.2, 0) is 12.3 Å². The fraction of sp³-hybridized carbons (Fsp3) is 0.286. The first-order chi connectivity index (χ1) is 11.2. The van der Waals surface area contributed by atoms with E-state index in [1.807, 2.05) is 42.3 Å². The van der Waals surface area contributed by atoms with Crippen molar-refractivity contribution in [3.63, 3.8) is 0 Å². The molecule has 0 unspecified atom stereocenters. The van der Waals surface area contributed by atoms with Crippen molar-refractivity contribution in [1.29, 1.82) is 0 Å². The van der Waals surface area contributed by atoms with Crippen molar-refractivity contribution in [3.05, 3.63) is 36.1 Å². The van der Waals surface area contributed by atoms with Gasteiger partial charge in [0.2, 0.25) is 5.89 Å². The molecule has 3 aromatic rings. The van der Waals surface area contributed by atoms with E-state index in [4.69, 9.17) is 4.52 Å². The van der Waals surface area contributed by atoms with Gasteiger partial charge in [-0.15, -0.1) is 28.1 Å². The van der Waals surface area contributed by atoms with E-state index in [9.17, 15) is 0 Å². The minimum atomic E-state index is 0.542. The first-order valence-corrected chi connectivity index (χ1v) is 8.76. The Bertz CT molecular complexity index is 777. The SMILES string of the molecule is C=CCn1c(SCc2nc(N(C)C)no2)nnc1-c1cccs1. The van der Waals surface area contributed by atoms with Gasteiger partial charge in [0, 0.05) is 20.6 Å². The highest BCUT2D eigenvalue weighted by Crippen LogP contribution is 2.28. The number of aromatic nitrogens is 5. The summed E-state index contributed by atoms with van der Waals surface area (Å²) in [6.45, 7) is 4.46. The Hall–Kier alpha value is -2.13. The Morgan fingerprint density at radius 3 is 2.96 bits per heavy atom. The first kappa shape index (κ1) is 15.8. The molecular weight excluding hydrogens is 332 g/mol. The van der Waals surface area contributed by atoms with Crippen molar-refractivity contribution < 1.29 is 4.52 Å². The molecule has 0 N–H and O–H groups in total. The van der Waals surface area contributed by atoms with E-state index in [-0.39, 0.29) is 0 Å². The van der Waals surface area contributed by atoms with Gasteiger partial charge < -0.3 is 9.42 Å². The van der Waals surface area contributed by atoms with Crippen LogP contribution in [0.1, 0.15) is 5.89 Å². The van der Waals surface area contributed by atoms with Gasteiger partial charge in [0.15, 0.2) is 11.0 Å². The predicted octanol–water partition coefficient (Wildman–Crippen LogP) is 2.93. The Labute approximate surface area is 142 Å². The summed E-state index contributed by atoms with van der Waals surface area (Å²) in [5, 5.41) is 15.3. The fourth-order valence-electron chi connectivity index (χ4n) is 1.89. The van der Waals surface area contributed by atoms with Crippen LogP contribution >= 0.6 is 23.1 Å². The molecule has 0 radical (unpaired) electrons. The third kappa shape index (κ3) is 3.45. The molecule has 0 aliphatic rings. The third-order valence-corrected chi connectivity index (χ3v) is 4.77. The van der Waals surface area contributed by atoms with Crippen molar-refractivity contribution in [2.75, 3.05) is 19.0 Å². The monoisotopic (exact) mass is 348 g/mol. The Kier molecular flexibility index (Phi) is 4.77. The summed E-state index contributed by atoms with van der Waals surface area (Å²) < 4.78 is 7.26. The quantitative estimate of drug-likeness (QED) is 0.480. The molecular formula is C14H16N6OS2. The van der Waals surface area contributed by atoms with Gasteiger partial charge in [-0.05, 0) is 16.6 Å². The molecule has 0 aliphatic heterocycles. The molecule has 9 heteroatoms. The lowest BCUT2D eigenvalue weighted by Gasteiger charge is -2.05. The number of hydrogen-bond donors (Lipinski definition) is 0. The molecule has 0 amide bonds. The number of thiophene rings is 1. The molecule has 23 heavy (non-hydrogen) atoms. The van der Waals surface area contributed by atoms with Crippen LogP contribution in [0.25, 0.3) is 10.7 Å². The maximum Gasteiger partial charge on any atom is 0.265 e. The molecule has 120 valence electrons. The van der Waals surface area contributed by atoms with Crippen LogP contribution in [0.5, 0.6) is 0 Å². The normalized spacial score (nSPS) is 10.9. The highest BCUT2D eigenvalue weighted by Gasteiger charge is 2.16. The highest BCUT2D eigenvalue weighted by molar-refractivity contribution is 7.98. The molecule has 0 fully saturated rings. The average molecular weight is 348 g/mol. The highest BCUT2D eigenvalue weighted by atomic mass is 32.2.